The van der Waals surface area contributed by atoms with Crippen molar-refractivity contribution in [1.29, 1.82) is 0 Å². The molecule has 6 nitrogen and oxygen atoms in total. The van der Waals surface area contributed by atoms with E-state index in [1.807, 2.05) is 0 Å². The Labute approximate surface area is 125 Å². The van der Waals surface area contributed by atoms with E-state index in [2.05, 4.69) is 5.32 Å². The molecule has 0 saturated carbocycles. The summed E-state index contributed by atoms with van der Waals surface area (Å²) < 4.78 is 0. The molecule has 7 heteroatoms. The highest BCUT2D eigenvalue weighted by Crippen LogP contribution is 2.27. The minimum atomic E-state index is -0.573. The lowest BCUT2D eigenvalue weighted by Crippen LogP contribution is -2.12. The zero-order valence-electron chi connectivity index (χ0n) is 11.0. The molecule has 2 aromatic rings. The van der Waals surface area contributed by atoms with Crippen LogP contribution in [0.5, 0.6) is 5.75 Å². The molecule has 2 aromatic carbocycles. The topological polar surface area (TPSA) is 92.5 Å². The summed E-state index contributed by atoms with van der Waals surface area (Å²) in [5.41, 5.74) is 0.572. The van der Waals surface area contributed by atoms with E-state index < -0.39 is 10.8 Å². The molecule has 0 radical (unpaired) electrons. The molecule has 0 bridgehead atoms. The van der Waals surface area contributed by atoms with E-state index in [-0.39, 0.29) is 22.7 Å². The molecule has 0 spiro atoms. The van der Waals surface area contributed by atoms with E-state index in [1.54, 1.807) is 6.92 Å². The minimum absolute atomic E-state index is 0.117. The highest BCUT2D eigenvalue weighted by molar-refractivity contribution is 6.31. The number of nitro groups is 1. The van der Waals surface area contributed by atoms with Crippen molar-refractivity contribution in [2.24, 2.45) is 0 Å². The number of hydrogen-bond donors (Lipinski definition) is 2. The van der Waals surface area contributed by atoms with Crippen LogP contribution in [0, 0.1) is 17.0 Å². The van der Waals surface area contributed by atoms with Crippen molar-refractivity contribution >= 4 is 28.9 Å². The van der Waals surface area contributed by atoms with Gasteiger partial charge in [0.05, 0.1) is 10.6 Å². The van der Waals surface area contributed by atoms with Crippen LogP contribution < -0.4 is 5.32 Å². The normalized spacial score (nSPS) is 10.2. The number of hydrogen-bond acceptors (Lipinski definition) is 4. The van der Waals surface area contributed by atoms with Crippen LogP contribution in [0.25, 0.3) is 0 Å². The third-order valence-corrected chi connectivity index (χ3v) is 3.11. The number of nitrogens with one attached hydrogen (secondary N) is 1. The number of phenolic OH excluding ortho intramolecular Hbond substituents is 1. The van der Waals surface area contributed by atoms with Crippen LogP contribution in [0.2, 0.25) is 5.02 Å². The lowest BCUT2D eigenvalue weighted by atomic mass is 10.1. The molecule has 0 aliphatic carbocycles. The van der Waals surface area contributed by atoms with Gasteiger partial charge in [-0.1, -0.05) is 17.7 Å². The largest absolute Gasteiger partial charge is 0.506 e. The third-order valence-electron chi connectivity index (χ3n) is 2.87. The summed E-state index contributed by atoms with van der Waals surface area (Å²) in [6, 6.07) is 8.35. The van der Waals surface area contributed by atoms with Crippen molar-refractivity contribution in [3.63, 3.8) is 0 Å². The second-order valence-electron chi connectivity index (χ2n) is 4.37. The first-order valence-electron chi connectivity index (χ1n) is 5.93. The lowest BCUT2D eigenvalue weighted by Gasteiger charge is -2.08. The SMILES string of the molecule is Cc1ccc(C(=O)Nc2cc(Cl)ccc2O)cc1[N+](=O)[O-]. The second kappa shape index (κ2) is 5.80. The van der Waals surface area contributed by atoms with E-state index in [1.165, 1.54) is 36.4 Å². The van der Waals surface area contributed by atoms with E-state index >= 15 is 0 Å². The van der Waals surface area contributed by atoms with Crippen molar-refractivity contribution < 1.29 is 14.8 Å². The zero-order chi connectivity index (χ0) is 15.6. The van der Waals surface area contributed by atoms with Gasteiger partial charge in [-0.25, -0.2) is 0 Å². The van der Waals surface area contributed by atoms with E-state index in [0.717, 1.165) is 0 Å². The number of halogens is 1. The Morgan fingerprint density at radius 3 is 2.67 bits per heavy atom. The second-order valence-corrected chi connectivity index (χ2v) is 4.81. The number of aromatic hydroxyl groups is 1. The maximum absolute atomic E-state index is 12.1. The maximum Gasteiger partial charge on any atom is 0.273 e. The first-order valence-corrected chi connectivity index (χ1v) is 6.31. The molecular weight excluding hydrogens is 296 g/mol. The highest BCUT2D eigenvalue weighted by atomic mass is 35.5. The summed E-state index contributed by atoms with van der Waals surface area (Å²) in [6.45, 7) is 1.59. The van der Waals surface area contributed by atoms with Crippen molar-refractivity contribution in [1.82, 2.24) is 0 Å². The molecular formula is C14H11ClN2O4. The van der Waals surface area contributed by atoms with Gasteiger partial charge in [0.2, 0.25) is 0 Å². The summed E-state index contributed by atoms with van der Waals surface area (Å²) in [4.78, 5) is 22.4. The summed E-state index contributed by atoms with van der Waals surface area (Å²) in [5, 5.41) is 23.3. The Hall–Kier alpha value is -2.60. The molecule has 0 atom stereocenters. The molecule has 21 heavy (non-hydrogen) atoms. The van der Waals surface area contributed by atoms with Crippen LogP contribution in [0.15, 0.2) is 36.4 Å². The molecule has 0 aliphatic rings. The molecule has 0 aliphatic heterocycles. The number of nitro benzene ring substituents is 1. The van der Waals surface area contributed by atoms with Gasteiger partial charge in [-0.15, -0.1) is 0 Å². The number of benzene rings is 2. The zero-order valence-corrected chi connectivity index (χ0v) is 11.7. The Morgan fingerprint density at radius 2 is 2.00 bits per heavy atom. The average molecular weight is 307 g/mol. The fourth-order valence-corrected chi connectivity index (χ4v) is 1.92. The Bertz CT molecular complexity index is 731. The van der Waals surface area contributed by atoms with Gasteiger partial charge in [0, 0.05) is 22.2 Å². The first kappa shape index (κ1) is 14.8. The van der Waals surface area contributed by atoms with Gasteiger partial charge in [0.1, 0.15) is 5.75 Å². The number of amides is 1. The number of anilines is 1. The maximum atomic E-state index is 12.1. The van der Waals surface area contributed by atoms with Gasteiger partial charge in [0.25, 0.3) is 11.6 Å². The number of nitrogens with zero attached hydrogens (tertiary/aromatic N) is 1. The van der Waals surface area contributed by atoms with Crippen LogP contribution in [0.4, 0.5) is 11.4 Å². The van der Waals surface area contributed by atoms with Gasteiger partial charge in [-0.2, -0.15) is 0 Å². The fraction of sp³-hybridized carbons (Fsp3) is 0.0714. The third kappa shape index (κ3) is 3.29. The van der Waals surface area contributed by atoms with Gasteiger partial charge < -0.3 is 10.4 Å². The van der Waals surface area contributed by atoms with Gasteiger partial charge in [-0.3, -0.25) is 14.9 Å². The molecule has 2 N–H and O–H groups in total. The monoisotopic (exact) mass is 306 g/mol. The summed E-state index contributed by atoms with van der Waals surface area (Å²) >= 11 is 5.78. The Balaban J connectivity index is 2.30. The first-order chi connectivity index (χ1) is 9.88. The minimum Gasteiger partial charge on any atom is -0.506 e. The number of carbonyl (C=O) groups excluding carboxylic acids is 1. The Morgan fingerprint density at radius 1 is 1.29 bits per heavy atom. The Kier molecular flexibility index (Phi) is 4.09. The lowest BCUT2D eigenvalue weighted by molar-refractivity contribution is -0.385. The summed E-state index contributed by atoms with van der Waals surface area (Å²) in [6.07, 6.45) is 0. The van der Waals surface area contributed by atoms with Gasteiger partial charge in [0.15, 0.2) is 0 Å². The van der Waals surface area contributed by atoms with Crippen molar-refractivity contribution in [2.75, 3.05) is 5.32 Å². The summed E-state index contributed by atoms with van der Waals surface area (Å²) in [5.74, 6) is -0.718. The van der Waals surface area contributed by atoms with Crippen molar-refractivity contribution in [3.05, 3.63) is 62.7 Å². The number of carbonyl (C=O) groups is 1. The molecule has 0 aromatic heterocycles. The molecule has 0 fully saturated rings. The molecule has 1 amide bonds. The van der Waals surface area contributed by atoms with E-state index in [0.29, 0.717) is 10.6 Å². The van der Waals surface area contributed by atoms with Crippen LogP contribution in [-0.2, 0) is 0 Å². The highest BCUT2D eigenvalue weighted by Gasteiger charge is 2.16. The van der Waals surface area contributed by atoms with Gasteiger partial charge >= 0.3 is 0 Å². The van der Waals surface area contributed by atoms with Crippen molar-refractivity contribution in [3.8, 4) is 5.75 Å². The number of aryl methyl sites for hydroxylation is 1. The predicted octanol–water partition coefficient (Wildman–Crippen LogP) is 3.51. The smallest absolute Gasteiger partial charge is 0.273 e. The van der Waals surface area contributed by atoms with E-state index in [4.69, 9.17) is 11.6 Å². The van der Waals surface area contributed by atoms with E-state index in [9.17, 15) is 20.0 Å². The fourth-order valence-electron chi connectivity index (χ4n) is 1.75. The van der Waals surface area contributed by atoms with Crippen LogP contribution in [0.3, 0.4) is 0 Å². The molecule has 2 rings (SSSR count). The predicted molar refractivity (Wildman–Crippen MR) is 78.9 cm³/mol. The van der Waals surface area contributed by atoms with Crippen LogP contribution >= 0.6 is 11.6 Å². The van der Waals surface area contributed by atoms with Gasteiger partial charge in [-0.05, 0) is 31.2 Å². The quantitative estimate of drug-likeness (QED) is 0.515. The average Bonchev–Trinajstić information content (AvgIpc) is 2.43. The van der Waals surface area contributed by atoms with Crippen LogP contribution in [0.1, 0.15) is 15.9 Å². The molecule has 0 unspecified atom stereocenters. The van der Waals surface area contributed by atoms with Crippen molar-refractivity contribution in [2.45, 2.75) is 6.92 Å². The number of phenols is 1. The molecule has 108 valence electrons. The van der Waals surface area contributed by atoms with Crippen LogP contribution in [-0.4, -0.2) is 15.9 Å². The molecule has 0 saturated heterocycles. The summed E-state index contributed by atoms with van der Waals surface area (Å²) in [7, 11) is 0. The number of rotatable bonds is 3. The standard InChI is InChI=1S/C14H11ClN2O4/c1-8-2-3-9(6-12(8)17(20)21)14(19)16-11-7-10(15)4-5-13(11)18/h2-7,18H,1H3,(H,16,19). The molecule has 0 heterocycles.